The minimum Gasteiger partial charge on any atom is -0.493 e. The van der Waals surface area contributed by atoms with E-state index in [-0.39, 0.29) is 18.1 Å². The van der Waals surface area contributed by atoms with Crippen LogP contribution >= 0.6 is 0 Å². The number of carbonyl (C=O) groups excluding carboxylic acids is 1. The highest BCUT2D eigenvalue weighted by molar-refractivity contribution is 5.92. The van der Waals surface area contributed by atoms with Gasteiger partial charge in [-0.05, 0) is 43.5 Å². The van der Waals surface area contributed by atoms with Crippen LogP contribution in [0.3, 0.4) is 0 Å². The Bertz CT molecular complexity index is 639. The molecule has 142 valence electrons. The molecule has 0 N–H and O–H groups in total. The van der Waals surface area contributed by atoms with Crippen molar-refractivity contribution in [3.05, 3.63) is 29.8 Å². The Morgan fingerprint density at radius 2 is 2.12 bits per heavy atom. The molecule has 2 saturated heterocycles. The molecule has 2 aliphatic heterocycles. The highest BCUT2D eigenvalue weighted by Crippen LogP contribution is 2.29. The van der Waals surface area contributed by atoms with E-state index in [0.717, 1.165) is 24.9 Å². The number of carbonyl (C=O) groups is 1. The van der Waals surface area contributed by atoms with Gasteiger partial charge in [0.1, 0.15) is 0 Å². The third kappa shape index (κ3) is 4.56. The first-order valence-corrected chi connectivity index (χ1v) is 9.22. The van der Waals surface area contributed by atoms with E-state index >= 15 is 0 Å². The monoisotopic (exact) mass is 361 g/mol. The molecule has 2 fully saturated rings. The topological polar surface area (TPSA) is 57.2 Å². The number of nitrogens with zero attached hydrogens (tertiary/aromatic N) is 1. The van der Waals surface area contributed by atoms with Crippen LogP contribution in [0.1, 0.15) is 25.3 Å². The minimum absolute atomic E-state index is 0.0144. The van der Waals surface area contributed by atoms with Gasteiger partial charge in [0, 0.05) is 25.1 Å². The second-order valence-electron chi connectivity index (χ2n) is 6.47. The number of hydrogen-bond acceptors (Lipinski definition) is 5. The highest BCUT2D eigenvalue weighted by Gasteiger charge is 2.32. The van der Waals surface area contributed by atoms with Gasteiger partial charge in [-0.25, -0.2) is 0 Å². The zero-order valence-corrected chi connectivity index (χ0v) is 15.5. The quantitative estimate of drug-likeness (QED) is 0.729. The summed E-state index contributed by atoms with van der Waals surface area (Å²) in [7, 11) is 1.61. The molecule has 1 unspecified atom stereocenters. The minimum atomic E-state index is -0.162. The zero-order chi connectivity index (χ0) is 18.4. The van der Waals surface area contributed by atoms with E-state index in [1.807, 2.05) is 36.1 Å². The van der Waals surface area contributed by atoms with Gasteiger partial charge in [-0.2, -0.15) is 0 Å². The number of benzene rings is 1. The van der Waals surface area contributed by atoms with Gasteiger partial charge in [-0.15, -0.1) is 0 Å². The van der Waals surface area contributed by atoms with Gasteiger partial charge in [0.15, 0.2) is 17.8 Å². The molecule has 1 aromatic rings. The summed E-state index contributed by atoms with van der Waals surface area (Å²) in [6.07, 6.45) is 5.28. The number of hydrogen-bond donors (Lipinski definition) is 0. The molecule has 6 heteroatoms. The van der Waals surface area contributed by atoms with E-state index in [0.29, 0.717) is 37.9 Å². The summed E-state index contributed by atoms with van der Waals surface area (Å²) in [5.41, 5.74) is 0.898. The van der Waals surface area contributed by atoms with Crippen LogP contribution < -0.4 is 9.47 Å². The van der Waals surface area contributed by atoms with Crippen molar-refractivity contribution in [3.63, 3.8) is 0 Å². The molecule has 1 aromatic carbocycles. The molecule has 1 amide bonds. The molecule has 1 atom stereocenters. The Morgan fingerprint density at radius 3 is 2.85 bits per heavy atom. The Kier molecular flexibility index (Phi) is 6.52. The van der Waals surface area contributed by atoms with Crippen LogP contribution in [0.15, 0.2) is 24.3 Å². The van der Waals surface area contributed by atoms with E-state index < -0.39 is 0 Å². The van der Waals surface area contributed by atoms with Crippen LogP contribution in [0.5, 0.6) is 11.5 Å². The summed E-state index contributed by atoms with van der Waals surface area (Å²) in [5, 5.41) is 0. The fourth-order valence-electron chi connectivity index (χ4n) is 3.42. The fourth-order valence-corrected chi connectivity index (χ4v) is 3.42. The Labute approximate surface area is 154 Å². The van der Waals surface area contributed by atoms with Crippen molar-refractivity contribution in [3.8, 4) is 11.5 Å². The number of piperidine rings is 1. The summed E-state index contributed by atoms with van der Waals surface area (Å²) in [4.78, 5) is 14.4. The highest BCUT2D eigenvalue weighted by atomic mass is 16.7. The molecular formula is C20H27NO5. The van der Waals surface area contributed by atoms with E-state index in [1.165, 1.54) is 0 Å². The maximum absolute atomic E-state index is 12.6. The molecule has 0 aromatic heterocycles. The largest absolute Gasteiger partial charge is 0.493 e. The van der Waals surface area contributed by atoms with E-state index in [9.17, 15) is 4.79 Å². The molecule has 0 radical (unpaired) electrons. The maximum atomic E-state index is 12.6. The smallest absolute Gasteiger partial charge is 0.246 e. The second kappa shape index (κ2) is 9.05. The standard InChI is InChI=1S/C20H27NO5/c1-3-24-17-8-6-15(13-18(17)23-2)7-9-19(22)21-10-4-5-16(14-21)20-25-11-12-26-20/h6-9,13,16,20H,3-5,10-12,14H2,1-2H3/b9-7+. The average Bonchev–Trinajstić information content (AvgIpc) is 3.22. The number of amides is 1. The fraction of sp³-hybridized carbons (Fsp3) is 0.550. The predicted octanol–water partition coefficient (Wildman–Crippen LogP) is 2.72. The Balaban J connectivity index is 1.61. The van der Waals surface area contributed by atoms with Crippen molar-refractivity contribution in [2.45, 2.75) is 26.1 Å². The van der Waals surface area contributed by atoms with Gasteiger partial charge in [-0.3, -0.25) is 4.79 Å². The van der Waals surface area contributed by atoms with Gasteiger partial charge < -0.3 is 23.8 Å². The van der Waals surface area contributed by atoms with Crippen molar-refractivity contribution < 1.29 is 23.7 Å². The van der Waals surface area contributed by atoms with Gasteiger partial charge in [0.25, 0.3) is 0 Å². The summed E-state index contributed by atoms with van der Waals surface area (Å²) in [6.45, 7) is 5.26. The van der Waals surface area contributed by atoms with Crippen LogP contribution in [0, 0.1) is 5.92 Å². The normalized spacial score (nSPS) is 21.3. The number of methoxy groups -OCH3 is 1. The van der Waals surface area contributed by atoms with Crippen molar-refractivity contribution in [1.82, 2.24) is 4.90 Å². The second-order valence-corrected chi connectivity index (χ2v) is 6.47. The first kappa shape index (κ1) is 18.7. The lowest BCUT2D eigenvalue weighted by atomic mass is 9.97. The molecule has 0 saturated carbocycles. The average molecular weight is 361 g/mol. The van der Waals surface area contributed by atoms with Crippen LogP contribution in [-0.2, 0) is 14.3 Å². The summed E-state index contributed by atoms with van der Waals surface area (Å²) in [5.74, 6) is 1.64. The molecule has 26 heavy (non-hydrogen) atoms. The third-order valence-electron chi connectivity index (χ3n) is 4.71. The van der Waals surface area contributed by atoms with Crippen LogP contribution in [0.25, 0.3) is 6.08 Å². The van der Waals surface area contributed by atoms with Crippen LogP contribution in [0.4, 0.5) is 0 Å². The van der Waals surface area contributed by atoms with Crippen LogP contribution in [0.2, 0.25) is 0 Å². The SMILES string of the molecule is CCOc1ccc(/C=C/C(=O)N2CCCC(C3OCCO3)C2)cc1OC. The molecule has 3 rings (SSSR count). The van der Waals surface area contributed by atoms with E-state index in [4.69, 9.17) is 18.9 Å². The first-order chi connectivity index (χ1) is 12.7. The van der Waals surface area contributed by atoms with E-state index in [1.54, 1.807) is 13.2 Å². The van der Waals surface area contributed by atoms with Gasteiger partial charge in [0.05, 0.1) is 26.9 Å². The summed E-state index contributed by atoms with van der Waals surface area (Å²) in [6, 6.07) is 5.64. The molecule has 6 nitrogen and oxygen atoms in total. The molecular weight excluding hydrogens is 334 g/mol. The van der Waals surface area contributed by atoms with Crippen molar-refractivity contribution in [2.24, 2.45) is 5.92 Å². The molecule has 0 spiro atoms. The lowest BCUT2D eigenvalue weighted by Crippen LogP contribution is -2.43. The molecule has 2 aliphatic rings. The molecule has 2 heterocycles. The molecule has 0 bridgehead atoms. The summed E-state index contributed by atoms with van der Waals surface area (Å²) < 4.78 is 22.1. The van der Waals surface area contributed by atoms with Gasteiger partial charge in [-0.1, -0.05) is 6.07 Å². The van der Waals surface area contributed by atoms with Crippen LogP contribution in [-0.4, -0.2) is 57.1 Å². The predicted molar refractivity (Wildman–Crippen MR) is 98.2 cm³/mol. The van der Waals surface area contributed by atoms with Gasteiger partial charge in [0.2, 0.25) is 5.91 Å². The van der Waals surface area contributed by atoms with Gasteiger partial charge >= 0.3 is 0 Å². The lowest BCUT2D eigenvalue weighted by molar-refractivity contribution is -0.134. The molecule has 0 aliphatic carbocycles. The number of ether oxygens (including phenoxy) is 4. The van der Waals surface area contributed by atoms with E-state index in [2.05, 4.69) is 0 Å². The Morgan fingerprint density at radius 1 is 1.31 bits per heavy atom. The number of likely N-dealkylation sites (tertiary alicyclic amines) is 1. The van der Waals surface area contributed by atoms with Crippen molar-refractivity contribution >= 4 is 12.0 Å². The first-order valence-electron chi connectivity index (χ1n) is 9.22. The lowest BCUT2D eigenvalue weighted by Gasteiger charge is -2.34. The summed E-state index contributed by atoms with van der Waals surface area (Å²) >= 11 is 0. The number of rotatable bonds is 6. The van der Waals surface area contributed by atoms with Crippen molar-refractivity contribution in [1.29, 1.82) is 0 Å². The zero-order valence-electron chi connectivity index (χ0n) is 15.5. The van der Waals surface area contributed by atoms with Crippen molar-refractivity contribution in [2.75, 3.05) is 40.0 Å². The Hall–Kier alpha value is -2.05. The third-order valence-corrected chi connectivity index (χ3v) is 4.71. The maximum Gasteiger partial charge on any atom is 0.246 e.